The normalized spacial score (nSPS) is 15.0. The molecule has 0 unspecified atom stereocenters. The van der Waals surface area contributed by atoms with Crippen LogP contribution in [-0.2, 0) is 0 Å². The lowest BCUT2D eigenvalue weighted by Gasteiger charge is -2.17. The molecule has 31 heavy (non-hydrogen) atoms. The molecule has 5 heteroatoms. The highest BCUT2D eigenvalue weighted by Crippen LogP contribution is 2.37. The fraction of sp³-hybridized carbons (Fsp3) is 0.269. The van der Waals surface area contributed by atoms with Crippen molar-refractivity contribution in [3.63, 3.8) is 0 Å². The van der Waals surface area contributed by atoms with Crippen LogP contribution in [0.1, 0.15) is 66.2 Å². The van der Waals surface area contributed by atoms with E-state index in [1.165, 1.54) is 44.1 Å². The first kappa shape index (κ1) is 19.5. The summed E-state index contributed by atoms with van der Waals surface area (Å²) in [6.45, 7) is 0. The Labute approximate surface area is 181 Å². The lowest BCUT2D eigenvalue weighted by Crippen LogP contribution is -2.04. The van der Waals surface area contributed by atoms with Crippen molar-refractivity contribution in [3.8, 4) is 11.6 Å². The molecule has 0 atom stereocenters. The molecule has 0 saturated heterocycles. The summed E-state index contributed by atoms with van der Waals surface area (Å²) in [7, 11) is 0. The number of imidazole rings is 1. The van der Waals surface area contributed by atoms with Crippen molar-refractivity contribution in [1.82, 2.24) is 15.0 Å². The van der Waals surface area contributed by atoms with Gasteiger partial charge in [0.25, 0.3) is 0 Å². The number of ether oxygens (including phenoxy) is 1. The van der Waals surface area contributed by atoms with E-state index in [4.69, 9.17) is 4.74 Å². The fourth-order valence-corrected chi connectivity index (χ4v) is 4.37. The van der Waals surface area contributed by atoms with E-state index in [2.05, 4.69) is 21.0 Å². The van der Waals surface area contributed by atoms with Crippen LogP contribution in [0.2, 0.25) is 0 Å². The third-order valence-electron chi connectivity index (χ3n) is 6.03. The van der Waals surface area contributed by atoms with E-state index in [-0.39, 0.29) is 5.78 Å². The maximum absolute atomic E-state index is 12.8. The molecule has 4 aromatic rings. The first-order valence-electron chi connectivity index (χ1n) is 11.0. The fourth-order valence-electron chi connectivity index (χ4n) is 4.37. The second-order valence-corrected chi connectivity index (χ2v) is 8.14. The van der Waals surface area contributed by atoms with E-state index in [9.17, 15) is 4.79 Å². The molecule has 2 aromatic heterocycles. The van der Waals surface area contributed by atoms with Crippen molar-refractivity contribution < 1.29 is 9.53 Å². The van der Waals surface area contributed by atoms with Gasteiger partial charge in [0.15, 0.2) is 5.82 Å². The molecule has 2 aromatic carbocycles. The van der Waals surface area contributed by atoms with Crippen LogP contribution in [0.15, 0.2) is 66.9 Å². The van der Waals surface area contributed by atoms with Gasteiger partial charge >= 0.3 is 0 Å². The van der Waals surface area contributed by atoms with Crippen LogP contribution in [0.25, 0.3) is 11.0 Å². The van der Waals surface area contributed by atoms with Gasteiger partial charge in [-0.3, -0.25) is 4.79 Å². The molecular formula is C26H25N3O2. The van der Waals surface area contributed by atoms with E-state index in [1.54, 1.807) is 18.3 Å². The number of carbonyl (C=O) groups is 1. The third kappa shape index (κ3) is 4.22. The maximum Gasteiger partial charge on any atom is 0.228 e. The number of aromatic amines is 1. The third-order valence-corrected chi connectivity index (χ3v) is 6.03. The summed E-state index contributed by atoms with van der Waals surface area (Å²) in [4.78, 5) is 24.8. The largest absolute Gasteiger partial charge is 0.439 e. The van der Waals surface area contributed by atoms with E-state index in [0.29, 0.717) is 28.9 Å². The highest BCUT2D eigenvalue weighted by molar-refractivity contribution is 6.08. The van der Waals surface area contributed by atoms with Crippen LogP contribution in [0.4, 0.5) is 0 Å². The number of rotatable bonds is 5. The highest BCUT2D eigenvalue weighted by Gasteiger charge is 2.20. The molecule has 1 N–H and O–H groups in total. The molecular weight excluding hydrogens is 386 g/mol. The van der Waals surface area contributed by atoms with E-state index in [0.717, 1.165) is 11.0 Å². The number of ketones is 1. The number of aromatic nitrogens is 3. The summed E-state index contributed by atoms with van der Waals surface area (Å²) in [6, 6.07) is 18.9. The topological polar surface area (TPSA) is 67.9 Å². The summed E-state index contributed by atoms with van der Waals surface area (Å²) in [5.74, 6) is 2.05. The predicted octanol–water partition coefficient (Wildman–Crippen LogP) is 6.42. The molecule has 1 aliphatic carbocycles. The number of hydrogen-bond acceptors (Lipinski definition) is 4. The number of hydrogen-bond donors (Lipinski definition) is 1. The molecule has 156 valence electrons. The lowest BCUT2D eigenvalue weighted by atomic mass is 9.92. The number of carbonyl (C=O) groups excluding carboxylic acids is 1. The molecule has 1 aliphatic rings. The van der Waals surface area contributed by atoms with Crippen LogP contribution in [0, 0.1) is 0 Å². The number of nitrogens with one attached hydrogen (secondary N) is 1. The van der Waals surface area contributed by atoms with Crippen molar-refractivity contribution in [2.45, 2.75) is 44.4 Å². The second-order valence-electron chi connectivity index (χ2n) is 8.14. The van der Waals surface area contributed by atoms with Crippen molar-refractivity contribution in [3.05, 3.63) is 83.8 Å². The molecule has 0 spiro atoms. The van der Waals surface area contributed by atoms with Gasteiger partial charge in [-0.15, -0.1) is 0 Å². The van der Waals surface area contributed by atoms with Crippen LogP contribution in [0.5, 0.6) is 11.6 Å². The van der Waals surface area contributed by atoms with Gasteiger partial charge in [-0.2, -0.15) is 0 Å². The Hall–Kier alpha value is -3.47. The Morgan fingerprint density at radius 1 is 0.903 bits per heavy atom. The number of H-pyrrole nitrogens is 1. The minimum absolute atomic E-state index is 0.139. The first-order valence-corrected chi connectivity index (χ1v) is 11.0. The SMILES string of the molecule is O=C(c1ccc(Oc2ncccc2C2CCCCCC2)cc1)c1nc2ccccc2[nH]1. The van der Waals surface area contributed by atoms with Crippen LogP contribution < -0.4 is 4.74 Å². The van der Waals surface area contributed by atoms with Gasteiger partial charge in [0.2, 0.25) is 11.7 Å². The average Bonchev–Trinajstić information content (AvgIpc) is 3.06. The second kappa shape index (κ2) is 8.72. The van der Waals surface area contributed by atoms with Crippen molar-refractivity contribution in [2.24, 2.45) is 0 Å². The van der Waals surface area contributed by atoms with Gasteiger partial charge in [0.1, 0.15) is 5.75 Å². The Morgan fingerprint density at radius 3 is 2.45 bits per heavy atom. The minimum atomic E-state index is -0.139. The van der Waals surface area contributed by atoms with Crippen molar-refractivity contribution in [1.29, 1.82) is 0 Å². The Balaban J connectivity index is 1.34. The van der Waals surface area contributed by atoms with E-state index in [1.807, 2.05) is 42.5 Å². The molecule has 0 bridgehead atoms. The number of benzene rings is 2. The smallest absolute Gasteiger partial charge is 0.228 e. The molecule has 1 saturated carbocycles. The quantitative estimate of drug-likeness (QED) is 0.304. The standard InChI is InChI=1S/C26H25N3O2/c30-24(25-28-22-11-5-6-12-23(22)29-25)19-13-15-20(16-14-19)31-26-21(10-7-17-27-26)18-8-3-1-2-4-9-18/h5-7,10-18H,1-4,8-9H2,(H,28,29). The summed E-state index contributed by atoms with van der Waals surface area (Å²) >= 11 is 0. The van der Waals surface area contributed by atoms with Crippen LogP contribution in [-0.4, -0.2) is 20.7 Å². The Bertz CT molecular complexity index is 1160. The van der Waals surface area contributed by atoms with Gasteiger partial charge in [-0.25, -0.2) is 9.97 Å². The molecule has 0 radical (unpaired) electrons. The van der Waals surface area contributed by atoms with Gasteiger partial charge in [0.05, 0.1) is 11.0 Å². The van der Waals surface area contributed by atoms with Gasteiger partial charge in [0, 0.05) is 17.3 Å². The number of nitrogens with zero attached hydrogens (tertiary/aromatic N) is 2. The molecule has 0 amide bonds. The predicted molar refractivity (Wildman–Crippen MR) is 121 cm³/mol. The van der Waals surface area contributed by atoms with Gasteiger partial charge in [-0.1, -0.05) is 43.9 Å². The Morgan fingerprint density at radius 2 is 1.68 bits per heavy atom. The molecule has 2 heterocycles. The number of pyridine rings is 1. The van der Waals surface area contributed by atoms with Gasteiger partial charge in [-0.05, 0) is 61.2 Å². The lowest BCUT2D eigenvalue weighted by molar-refractivity contribution is 0.103. The Kier molecular flexibility index (Phi) is 5.48. The highest BCUT2D eigenvalue weighted by atomic mass is 16.5. The monoisotopic (exact) mass is 411 g/mol. The molecule has 0 aliphatic heterocycles. The molecule has 1 fully saturated rings. The summed E-state index contributed by atoms with van der Waals surface area (Å²) in [5, 5.41) is 0. The van der Waals surface area contributed by atoms with Crippen LogP contribution >= 0.6 is 0 Å². The first-order chi connectivity index (χ1) is 15.3. The zero-order valence-corrected chi connectivity index (χ0v) is 17.4. The van der Waals surface area contributed by atoms with Crippen molar-refractivity contribution in [2.75, 3.05) is 0 Å². The molecule has 5 nitrogen and oxygen atoms in total. The summed E-state index contributed by atoms with van der Waals surface area (Å²) < 4.78 is 6.15. The summed E-state index contributed by atoms with van der Waals surface area (Å²) in [6.07, 6.45) is 9.30. The zero-order valence-electron chi connectivity index (χ0n) is 17.4. The maximum atomic E-state index is 12.8. The van der Waals surface area contributed by atoms with Gasteiger partial charge < -0.3 is 9.72 Å². The number of para-hydroxylation sites is 2. The number of fused-ring (bicyclic) bond motifs is 1. The average molecular weight is 412 g/mol. The van der Waals surface area contributed by atoms with Crippen molar-refractivity contribution >= 4 is 16.8 Å². The summed E-state index contributed by atoms with van der Waals surface area (Å²) in [5.41, 5.74) is 3.39. The minimum Gasteiger partial charge on any atom is -0.439 e. The van der Waals surface area contributed by atoms with E-state index >= 15 is 0 Å². The zero-order chi connectivity index (χ0) is 21.0. The van der Waals surface area contributed by atoms with Crippen LogP contribution in [0.3, 0.4) is 0 Å². The molecule has 5 rings (SSSR count). The van der Waals surface area contributed by atoms with E-state index < -0.39 is 0 Å².